The summed E-state index contributed by atoms with van der Waals surface area (Å²) in [4.78, 5) is 4.24. The van der Waals surface area contributed by atoms with Crippen LogP contribution < -0.4 is 5.32 Å². The van der Waals surface area contributed by atoms with Crippen molar-refractivity contribution in [1.29, 1.82) is 10.5 Å². The van der Waals surface area contributed by atoms with Crippen molar-refractivity contribution in [3.05, 3.63) is 0 Å². The Hall–Kier alpha value is -1.14. The zero-order valence-electron chi connectivity index (χ0n) is 8.95. The third-order valence-electron chi connectivity index (χ3n) is 2.53. The molecule has 82 valence electrons. The van der Waals surface area contributed by atoms with E-state index in [1.165, 1.54) is 0 Å². The zero-order chi connectivity index (χ0) is 10.9. The van der Waals surface area contributed by atoms with Gasteiger partial charge in [-0.15, -0.1) is 0 Å². The lowest BCUT2D eigenvalue weighted by atomic mass is 10.3. The van der Waals surface area contributed by atoms with Crippen molar-refractivity contribution in [1.82, 2.24) is 15.1 Å². The first kappa shape index (κ1) is 11.9. The van der Waals surface area contributed by atoms with E-state index in [1.807, 2.05) is 4.90 Å². The van der Waals surface area contributed by atoms with E-state index in [-0.39, 0.29) is 0 Å². The highest BCUT2D eigenvalue weighted by atomic mass is 15.2. The Morgan fingerprint density at radius 1 is 1.13 bits per heavy atom. The van der Waals surface area contributed by atoms with E-state index < -0.39 is 0 Å². The summed E-state index contributed by atoms with van der Waals surface area (Å²) in [6.45, 7) is 6.65. The molecule has 0 unspecified atom stereocenters. The predicted octanol–water partition coefficient (Wildman–Crippen LogP) is -0.759. The second kappa shape index (κ2) is 7.19. The lowest BCUT2D eigenvalue weighted by Gasteiger charge is -2.28. The summed E-state index contributed by atoms with van der Waals surface area (Å²) >= 11 is 0. The third-order valence-corrected chi connectivity index (χ3v) is 2.53. The van der Waals surface area contributed by atoms with E-state index in [0.717, 1.165) is 39.3 Å². The van der Waals surface area contributed by atoms with E-state index in [2.05, 4.69) is 22.4 Å². The van der Waals surface area contributed by atoms with Crippen molar-refractivity contribution < 1.29 is 0 Å². The van der Waals surface area contributed by atoms with Crippen molar-refractivity contribution in [2.45, 2.75) is 0 Å². The van der Waals surface area contributed by atoms with Gasteiger partial charge >= 0.3 is 0 Å². The van der Waals surface area contributed by atoms with Crippen LogP contribution in [-0.2, 0) is 0 Å². The molecule has 1 saturated heterocycles. The highest BCUT2D eigenvalue weighted by Crippen LogP contribution is 1.94. The fourth-order valence-electron chi connectivity index (χ4n) is 1.63. The van der Waals surface area contributed by atoms with Crippen molar-refractivity contribution in [3.63, 3.8) is 0 Å². The molecule has 0 aliphatic carbocycles. The summed E-state index contributed by atoms with van der Waals surface area (Å²) in [6.07, 6.45) is 0. The van der Waals surface area contributed by atoms with E-state index in [0.29, 0.717) is 13.1 Å². The van der Waals surface area contributed by atoms with Gasteiger partial charge in [-0.1, -0.05) is 0 Å². The quantitative estimate of drug-likeness (QED) is 0.600. The number of piperazine rings is 1. The van der Waals surface area contributed by atoms with Gasteiger partial charge in [0.1, 0.15) is 0 Å². The van der Waals surface area contributed by atoms with Crippen LogP contribution in [0.25, 0.3) is 0 Å². The maximum Gasteiger partial charge on any atom is 0.0874 e. The molecule has 1 aliphatic heterocycles. The minimum Gasteiger partial charge on any atom is -0.314 e. The predicted molar refractivity (Wildman–Crippen MR) is 57.0 cm³/mol. The number of nitriles is 2. The molecule has 0 aromatic rings. The van der Waals surface area contributed by atoms with Crippen molar-refractivity contribution >= 4 is 0 Å². The van der Waals surface area contributed by atoms with Crippen LogP contribution >= 0.6 is 0 Å². The second-order valence-electron chi connectivity index (χ2n) is 3.62. The molecular formula is C10H17N5. The molecule has 1 N–H and O–H groups in total. The molecule has 1 aliphatic rings. The Kier molecular flexibility index (Phi) is 5.72. The molecule has 0 saturated carbocycles. The fraction of sp³-hybridized carbons (Fsp3) is 0.800. The lowest BCUT2D eigenvalue weighted by Crippen LogP contribution is -2.46. The van der Waals surface area contributed by atoms with Crippen molar-refractivity contribution in [3.8, 4) is 12.1 Å². The Morgan fingerprint density at radius 2 is 1.73 bits per heavy atom. The summed E-state index contributed by atoms with van der Waals surface area (Å²) in [5.74, 6) is 0. The first-order chi connectivity index (χ1) is 7.36. The molecule has 1 fully saturated rings. The summed E-state index contributed by atoms with van der Waals surface area (Å²) in [5, 5.41) is 20.4. The summed E-state index contributed by atoms with van der Waals surface area (Å²) in [7, 11) is 0. The Balaban J connectivity index is 2.20. The maximum atomic E-state index is 8.58. The summed E-state index contributed by atoms with van der Waals surface area (Å²) in [6, 6.07) is 4.17. The largest absolute Gasteiger partial charge is 0.314 e. The smallest absolute Gasteiger partial charge is 0.0874 e. The zero-order valence-corrected chi connectivity index (χ0v) is 8.95. The maximum absolute atomic E-state index is 8.58. The van der Waals surface area contributed by atoms with Crippen LogP contribution in [0.15, 0.2) is 0 Å². The highest BCUT2D eigenvalue weighted by Gasteiger charge is 2.11. The van der Waals surface area contributed by atoms with Gasteiger partial charge in [0, 0.05) is 39.3 Å². The van der Waals surface area contributed by atoms with Gasteiger partial charge in [0.2, 0.25) is 0 Å². The molecule has 0 amide bonds. The van der Waals surface area contributed by atoms with Crippen molar-refractivity contribution in [2.75, 3.05) is 52.4 Å². The van der Waals surface area contributed by atoms with Gasteiger partial charge in [-0.05, 0) is 0 Å². The molecule has 5 heteroatoms. The normalized spacial score (nSPS) is 17.3. The Bertz CT molecular complexity index is 230. The minimum absolute atomic E-state index is 0.347. The van der Waals surface area contributed by atoms with Crippen molar-refractivity contribution in [2.24, 2.45) is 0 Å². The molecule has 0 bridgehead atoms. The fourth-order valence-corrected chi connectivity index (χ4v) is 1.63. The van der Waals surface area contributed by atoms with Gasteiger partial charge in [-0.2, -0.15) is 10.5 Å². The average Bonchev–Trinajstić information content (AvgIpc) is 2.28. The molecule has 0 aromatic heterocycles. The molecule has 0 spiro atoms. The van der Waals surface area contributed by atoms with Crippen LogP contribution in [0.5, 0.6) is 0 Å². The molecule has 15 heavy (non-hydrogen) atoms. The van der Waals surface area contributed by atoms with E-state index in [4.69, 9.17) is 10.5 Å². The van der Waals surface area contributed by atoms with E-state index in [1.54, 1.807) is 0 Å². The van der Waals surface area contributed by atoms with Crippen LogP contribution in [0.1, 0.15) is 0 Å². The van der Waals surface area contributed by atoms with Gasteiger partial charge in [0.05, 0.1) is 25.2 Å². The first-order valence-corrected chi connectivity index (χ1v) is 5.26. The monoisotopic (exact) mass is 207 g/mol. The second-order valence-corrected chi connectivity index (χ2v) is 3.62. The standard InChI is InChI=1S/C10H17N5/c11-1-5-14(6-2-12)9-10-15-7-3-13-4-8-15/h13H,3-10H2. The number of nitrogens with one attached hydrogen (secondary N) is 1. The lowest BCUT2D eigenvalue weighted by molar-refractivity contribution is 0.206. The highest BCUT2D eigenvalue weighted by molar-refractivity contribution is 4.84. The molecule has 0 aromatic carbocycles. The average molecular weight is 207 g/mol. The molecular weight excluding hydrogens is 190 g/mol. The molecule has 0 radical (unpaired) electrons. The van der Waals surface area contributed by atoms with Crippen LogP contribution in [0.2, 0.25) is 0 Å². The Morgan fingerprint density at radius 3 is 2.27 bits per heavy atom. The molecule has 1 rings (SSSR count). The molecule has 5 nitrogen and oxygen atoms in total. The summed E-state index contributed by atoms with van der Waals surface area (Å²) < 4.78 is 0. The van der Waals surface area contributed by atoms with Crippen LogP contribution in [0, 0.1) is 22.7 Å². The third kappa shape index (κ3) is 4.75. The van der Waals surface area contributed by atoms with Gasteiger partial charge in [-0.3, -0.25) is 9.80 Å². The summed E-state index contributed by atoms with van der Waals surface area (Å²) in [5.41, 5.74) is 0. The van der Waals surface area contributed by atoms with Crippen LogP contribution in [-0.4, -0.2) is 62.2 Å². The van der Waals surface area contributed by atoms with Crippen LogP contribution in [0.4, 0.5) is 0 Å². The van der Waals surface area contributed by atoms with Gasteiger partial charge < -0.3 is 5.32 Å². The number of hydrogen-bond donors (Lipinski definition) is 1. The SMILES string of the molecule is N#CCN(CC#N)CCN1CCNCC1. The number of hydrogen-bond acceptors (Lipinski definition) is 5. The Labute approximate surface area is 90.9 Å². The minimum atomic E-state index is 0.347. The number of rotatable bonds is 5. The van der Waals surface area contributed by atoms with Gasteiger partial charge in [-0.25, -0.2) is 0 Å². The first-order valence-electron chi connectivity index (χ1n) is 5.26. The van der Waals surface area contributed by atoms with Gasteiger partial charge in [0.25, 0.3) is 0 Å². The van der Waals surface area contributed by atoms with E-state index >= 15 is 0 Å². The molecule has 0 atom stereocenters. The number of nitrogens with zero attached hydrogens (tertiary/aromatic N) is 4. The molecule has 1 heterocycles. The topological polar surface area (TPSA) is 66.1 Å². The van der Waals surface area contributed by atoms with Gasteiger partial charge in [0.15, 0.2) is 0 Å². The van der Waals surface area contributed by atoms with E-state index in [9.17, 15) is 0 Å². The van der Waals surface area contributed by atoms with Crippen LogP contribution in [0.3, 0.4) is 0 Å².